The largest absolute Gasteiger partial charge is 0.412 e. The van der Waals surface area contributed by atoms with E-state index < -0.39 is 0 Å². The SMILES string of the molecule is C=C(C)Cl.O. The molecule has 0 saturated heterocycles. The minimum Gasteiger partial charge on any atom is -0.412 e. The van der Waals surface area contributed by atoms with Crippen molar-refractivity contribution in [1.29, 1.82) is 0 Å². The molecule has 2 N–H and O–H groups in total. The Kier molecular flexibility index (Phi) is 7.09. The Balaban J connectivity index is 0. The smallest absolute Gasteiger partial charge is 0.00778 e. The second-order valence-electron chi connectivity index (χ2n) is 0.676. The van der Waals surface area contributed by atoms with Gasteiger partial charge in [0, 0.05) is 5.03 Å². The number of rotatable bonds is 0. The van der Waals surface area contributed by atoms with Gasteiger partial charge in [-0.3, -0.25) is 0 Å². The Hall–Kier alpha value is -0.0100. The molecule has 0 heterocycles. The molecule has 1 nitrogen and oxygen atoms in total. The Morgan fingerprint density at radius 1 is 1.80 bits per heavy atom. The summed E-state index contributed by atoms with van der Waals surface area (Å²) < 4.78 is 0. The zero-order valence-electron chi connectivity index (χ0n) is 3.09. The molecule has 2 heteroatoms. The van der Waals surface area contributed by atoms with Crippen LogP contribution in [0.5, 0.6) is 0 Å². The maximum absolute atomic E-state index is 5.08. The summed E-state index contributed by atoms with van der Waals surface area (Å²) in [5.41, 5.74) is 0. The molecule has 0 fully saturated rings. The minimum absolute atomic E-state index is 0. The number of allylic oxidation sites excluding steroid dienone is 1. The van der Waals surface area contributed by atoms with Crippen molar-refractivity contribution in [1.82, 2.24) is 0 Å². The quantitative estimate of drug-likeness (QED) is 0.428. The third-order valence-corrected chi connectivity index (χ3v) is 0. The van der Waals surface area contributed by atoms with E-state index in [1.807, 2.05) is 0 Å². The molecule has 0 aromatic rings. The van der Waals surface area contributed by atoms with Gasteiger partial charge in [-0.2, -0.15) is 0 Å². The van der Waals surface area contributed by atoms with E-state index in [2.05, 4.69) is 6.58 Å². The highest BCUT2D eigenvalue weighted by atomic mass is 35.5. The first-order chi connectivity index (χ1) is 1.73. The lowest BCUT2D eigenvalue weighted by Crippen LogP contribution is -1.34. The van der Waals surface area contributed by atoms with Gasteiger partial charge in [0.05, 0.1) is 0 Å². The molecule has 0 unspecified atom stereocenters. The topological polar surface area (TPSA) is 31.5 Å². The van der Waals surface area contributed by atoms with Crippen molar-refractivity contribution in [3.8, 4) is 0 Å². The average molecular weight is 94.5 g/mol. The summed E-state index contributed by atoms with van der Waals surface area (Å²) in [6.07, 6.45) is 0. The molecular weight excluding hydrogens is 87.5 g/mol. The highest BCUT2D eigenvalue weighted by Gasteiger charge is 1.55. The second-order valence-corrected chi connectivity index (χ2v) is 1.32. The van der Waals surface area contributed by atoms with Crippen molar-refractivity contribution in [3.05, 3.63) is 11.6 Å². The molecule has 0 amide bonds. The lowest BCUT2D eigenvalue weighted by molar-refractivity contribution is 0.824. The fraction of sp³-hybridized carbons (Fsp3) is 0.333. The van der Waals surface area contributed by atoms with Crippen LogP contribution in [-0.4, -0.2) is 5.48 Å². The van der Waals surface area contributed by atoms with Crippen LogP contribution in [0, 0.1) is 0 Å². The molecule has 0 aromatic carbocycles. The molecule has 32 valence electrons. The molecular formula is C3H7ClO. The molecule has 0 bridgehead atoms. The van der Waals surface area contributed by atoms with Gasteiger partial charge < -0.3 is 5.48 Å². The number of hydrogen-bond donors (Lipinski definition) is 0. The van der Waals surface area contributed by atoms with Gasteiger partial charge in [-0.15, -0.1) is 0 Å². The van der Waals surface area contributed by atoms with E-state index in [0.29, 0.717) is 5.03 Å². The van der Waals surface area contributed by atoms with Crippen molar-refractivity contribution in [3.63, 3.8) is 0 Å². The zero-order chi connectivity index (χ0) is 3.58. The number of hydrogen-bond acceptors (Lipinski definition) is 0. The van der Waals surface area contributed by atoms with E-state index in [4.69, 9.17) is 11.6 Å². The molecule has 0 atom stereocenters. The Labute approximate surface area is 36.6 Å². The van der Waals surface area contributed by atoms with Crippen LogP contribution in [0.15, 0.2) is 11.6 Å². The molecule has 0 aliphatic heterocycles. The summed E-state index contributed by atoms with van der Waals surface area (Å²) in [4.78, 5) is 0. The second kappa shape index (κ2) is 3.99. The molecule has 0 rings (SSSR count). The van der Waals surface area contributed by atoms with Crippen LogP contribution in [0.1, 0.15) is 6.92 Å². The van der Waals surface area contributed by atoms with Crippen molar-refractivity contribution < 1.29 is 5.48 Å². The van der Waals surface area contributed by atoms with Crippen LogP contribution in [0.4, 0.5) is 0 Å². The lowest BCUT2D eigenvalue weighted by Gasteiger charge is -1.61. The molecule has 0 spiro atoms. The summed E-state index contributed by atoms with van der Waals surface area (Å²) in [5, 5.41) is 0.639. The predicted octanol–water partition coefficient (Wildman–Crippen LogP) is 0.934. The van der Waals surface area contributed by atoms with E-state index >= 15 is 0 Å². The predicted molar refractivity (Wildman–Crippen MR) is 24.3 cm³/mol. The lowest BCUT2D eigenvalue weighted by atomic mass is 10.8. The summed E-state index contributed by atoms with van der Waals surface area (Å²) in [5.74, 6) is 0. The van der Waals surface area contributed by atoms with Crippen LogP contribution < -0.4 is 0 Å². The number of halogens is 1. The summed E-state index contributed by atoms with van der Waals surface area (Å²) in [6.45, 7) is 5.06. The standard InChI is InChI=1S/C3H5Cl.H2O/c1-3(2)4;/h1H2,2H3;1H2. The molecule has 0 radical (unpaired) electrons. The van der Waals surface area contributed by atoms with Gasteiger partial charge in [0.25, 0.3) is 0 Å². The first-order valence-corrected chi connectivity index (χ1v) is 1.42. The Morgan fingerprint density at radius 3 is 1.80 bits per heavy atom. The summed E-state index contributed by atoms with van der Waals surface area (Å²) in [7, 11) is 0. The summed E-state index contributed by atoms with van der Waals surface area (Å²) in [6, 6.07) is 0. The third-order valence-electron chi connectivity index (χ3n) is 0. The molecule has 0 aliphatic carbocycles. The fourth-order valence-electron chi connectivity index (χ4n) is 0. The molecule has 0 aromatic heterocycles. The van der Waals surface area contributed by atoms with Gasteiger partial charge >= 0.3 is 0 Å². The van der Waals surface area contributed by atoms with E-state index in [0.717, 1.165) is 0 Å². The first-order valence-electron chi connectivity index (χ1n) is 1.04. The Morgan fingerprint density at radius 2 is 1.80 bits per heavy atom. The fourth-order valence-corrected chi connectivity index (χ4v) is 0. The van der Waals surface area contributed by atoms with E-state index in [1.165, 1.54) is 0 Å². The van der Waals surface area contributed by atoms with E-state index in [1.54, 1.807) is 6.92 Å². The van der Waals surface area contributed by atoms with Crippen molar-refractivity contribution in [2.24, 2.45) is 0 Å². The normalized spacial score (nSPS) is 5.20. The van der Waals surface area contributed by atoms with E-state index in [-0.39, 0.29) is 5.48 Å². The minimum atomic E-state index is 0. The van der Waals surface area contributed by atoms with E-state index in [9.17, 15) is 0 Å². The summed E-state index contributed by atoms with van der Waals surface area (Å²) >= 11 is 5.08. The third kappa shape index (κ3) is 158000. The highest BCUT2D eigenvalue weighted by molar-refractivity contribution is 6.28. The highest BCUT2D eigenvalue weighted by Crippen LogP contribution is 1.87. The van der Waals surface area contributed by atoms with Crippen LogP contribution >= 0.6 is 11.6 Å². The first kappa shape index (κ1) is 8.89. The van der Waals surface area contributed by atoms with Crippen LogP contribution in [0.2, 0.25) is 0 Å². The van der Waals surface area contributed by atoms with Crippen molar-refractivity contribution >= 4 is 11.6 Å². The van der Waals surface area contributed by atoms with Gasteiger partial charge in [0.2, 0.25) is 0 Å². The zero-order valence-corrected chi connectivity index (χ0v) is 3.84. The van der Waals surface area contributed by atoms with Gasteiger partial charge in [-0.25, -0.2) is 0 Å². The molecule has 0 saturated carbocycles. The monoisotopic (exact) mass is 94.0 g/mol. The van der Waals surface area contributed by atoms with Gasteiger partial charge in [-0.1, -0.05) is 18.2 Å². The average Bonchev–Trinajstić information content (AvgIpc) is 0.811. The molecule has 5 heavy (non-hydrogen) atoms. The Bertz CT molecular complexity index is 29.9. The van der Waals surface area contributed by atoms with Crippen LogP contribution in [0.25, 0.3) is 0 Å². The van der Waals surface area contributed by atoms with Crippen LogP contribution in [0.3, 0.4) is 0 Å². The maximum atomic E-state index is 5.08. The van der Waals surface area contributed by atoms with Gasteiger partial charge in [-0.05, 0) is 6.92 Å². The molecule has 0 aliphatic rings. The maximum Gasteiger partial charge on any atom is 0.00778 e. The van der Waals surface area contributed by atoms with Crippen molar-refractivity contribution in [2.45, 2.75) is 6.92 Å². The van der Waals surface area contributed by atoms with Gasteiger partial charge in [0.1, 0.15) is 0 Å². The van der Waals surface area contributed by atoms with Crippen molar-refractivity contribution in [2.75, 3.05) is 0 Å². The van der Waals surface area contributed by atoms with Gasteiger partial charge in [0.15, 0.2) is 0 Å². The van der Waals surface area contributed by atoms with Crippen LogP contribution in [-0.2, 0) is 0 Å².